The first kappa shape index (κ1) is 15.5. The Bertz CT molecular complexity index is 811. The van der Waals surface area contributed by atoms with E-state index in [0.717, 1.165) is 23.9 Å². The van der Waals surface area contributed by atoms with Crippen molar-refractivity contribution in [3.8, 4) is 0 Å². The van der Waals surface area contributed by atoms with Gasteiger partial charge in [0, 0.05) is 16.7 Å². The molecule has 3 aromatic carbocycles. The highest BCUT2D eigenvalue weighted by Gasteiger charge is 2.27. The number of para-hydroxylation sites is 1. The summed E-state index contributed by atoms with van der Waals surface area (Å²) in [6.45, 7) is 1.07. The third-order valence-corrected chi connectivity index (χ3v) is 5.37. The van der Waals surface area contributed by atoms with Gasteiger partial charge in [-0.1, -0.05) is 70.5 Å². The molecule has 0 aliphatic carbocycles. The van der Waals surface area contributed by atoms with E-state index in [1.165, 1.54) is 22.4 Å². The Balaban J connectivity index is 1.73. The third kappa shape index (κ3) is 3.11. The maximum atomic E-state index is 3.53. The molecule has 2 heteroatoms. The maximum Gasteiger partial charge on any atom is 0.0585 e. The van der Waals surface area contributed by atoms with Crippen molar-refractivity contribution in [2.24, 2.45) is 0 Å². The normalized spacial score (nSPS) is 16.7. The molecule has 1 nitrogen and oxygen atoms in total. The molecule has 4 rings (SSSR count). The molecule has 1 aliphatic rings. The molecule has 1 atom stereocenters. The van der Waals surface area contributed by atoms with Gasteiger partial charge in [-0.2, -0.15) is 0 Å². The molecular weight excluding hydrogens is 358 g/mol. The fraction of sp³-hybridized carbons (Fsp3) is 0.182. The van der Waals surface area contributed by atoms with Crippen molar-refractivity contribution in [2.75, 3.05) is 11.4 Å². The van der Waals surface area contributed by atoms with E-state index < -0.39 is 0 Å². The first-order valence-electron chi connectivity index (χ1n) is 8.45. The van der Waals surface area contributed by atoms with Gasteiger partial charge in [-0.3, -0.25) is 0 Å². The second kappa shape index (κ2) is 6.82. The molecule has 120 valence electrons. The number of benzene rings is 3. The molecule has 0 saturated heterocycles. The molecule has 0 bridgehead atoms. The van der Waals surface area contributed by atoms with E-state index in [1.54, 1.807) is 0 Å². The van der Waals surface area contributed by atoms with Crippen LogP contribution in [0.5, 0.6) is 0 Å². The molecule has 0 amide bonds. The quantitative estimate of drug-likeness (QED) is 0.557. The van der Waals surface area contributed by atoms with Gasteiger partial charge in [0.25, 0.3) is 0 Å². The van der Waals surface area contributed by atoms with Crippen LogP contribution in [0.4, 0.5) is 5.69 Å². The zero-order chi connectivity index (χ0) is 16.4. The summed E-state index contributed by atoms with van der Waals surface area (Å²) < 4.78 is 1.13. The molecule has 1 unspecified atom stereocenters. The fourth-order valence-electron chi connectivity index (χ4n) is 3.64. The number of anilines is 1. The number of rotatable bonds is 3. The van der Waals surface area contributed by atoms with Gasteiger partial charge in [0.15, 0.2) is 0 Å². The van der Waals surface area contributed by atoms with Crippen molar-refractivity contribution >= 4 is 21.6 Å². The van der Waals surface area contributed by atoms with Crippen molar-refractivity contribution in [3.63, 3.8) is 0 Å². The van der Waals surface area contributed by atoms with Crippen molar-refractivity contribution in [1.29, 1.82) is 0 Å². The van der Waals surface area contributed by atoms with Crippen LogP contribution in [0.15, 0.2) is 83.3 Å². The summed E-state index contributed by atoms with van der Waals surface area (Å²) >= 11 is 3.53. The van der Waals surface area contributed by atoms with Gasteiger partial charge in [-0.05, 0) is 53.8 Å². The zero-order valence-electron chi connectivity index (χ0n) is 13.5. The zero-order valence-corrected chi connectivity index (χ0v) is 15.1. The van der Waals surface area contributed by atoms with Gasteiger partial charge >= 0.3 is 0 Å². The summed E-state index contributed by atoms with van der Waals surface area (Å²) in [6, 6.07) is 28.8. The van der Waals surface area contributed by atoms with Crippen LogP contribution in [-0.4, -0.2) is 6.54 Å². The summed E-state index contributed by atoms with van der Waals surface area (Å²) in [4.78, 5) is 2.56. The average molecular weight is 378 g/mol. The van der Waals surface area contributed by atoms with E-state index in [4.69, 9.17) is 0 Å². The number of nitrogens with zero attached hydrogens (tertiary/aromatic N) is 1. The molecule has 1 aliphatic heterocycles. The predicted molar refractivity (Wildman–Crippen MR) is 105 cm³/mol. The lowest BCUT2D eigenvalue weighted by Gasteiger charge is -2.39. The summed E-state index contributed by atoms with van der Waals surface area (Å²) in [5.41, 5.74) is 5.65. The Kier molecular flexibility index (Phi) is 4.40. The summed E-state index contributed by atoms with van der Waals surface area (Å²) in [5.74, 6) is 0. The first-order valence-corrected chi connectivity index (χ1v) is 9.24. The lowest BCUT2D eigenvalue weighted by atomic mass is 9.88. The fourth-order valence-corrected chi connectivity index (χ4v) is 3.91. The molecule has 0 aromatic heterocycles. The van der Waals surface area contributed by atoms with Crippen LogP contribution in [0, 0.1) is 0 Å². The molecule has 0 saturated carbocycles. The van der Waals surface area contributed by atoms with Crippen molar-refractivity contribution in [2.45, 2.75) is 18.9 Å². The van der Waals surface area contributed by atoms with Crippen LogP contribution in [0.2, 0.25) is 0 Å². The van der Waals surface area contributed by atoms with Crippen LogP contribution in [0.1, 0.15) is 22.7 Å². The van der Waals surface area contributed by atoms with Gasteiger partial charge in [-0.15, -0.1) is 0 Å². The van der Waals surface area contributed by atoms with E-state index in [0.29, 0.717) is 6.04 Å². The molecule has 1 heterocycles. The van der Waals surface area contributed by atoms with Crippen LogP contribution >= 0.6 is 15.9 Å². The van der Waals surface area contributed by atoms with E-state index in [1.807, 2.05) is 0 Å². The van der Waals surface area contributed by atoms with Gasteiger partial charge in [0.2, 0.25) is 0 Å². The Labute approximate surface area is 152 Å². The van der Waals surface area contributed by atoms with E-state index in [9.17, 15) is 0 Å². The third-order valence-electron chi connectivity index (χ3n) is 4.84. The van der Waals surface area contributed by atoms with Crippen LogP contribution in [0.3, 0.4) is 0 Å². The summed E-state index contributed by atoms with van der Waals surface area (Å²) in [5, 5.41) is 0. The predicted octanol–water partition coefficient (Wildman–Crippen LogP) is 5.80. The monoisotopic (exact) mass is 377 g/mol. The maximum absolute atomic E-state index is 3.53. The minimum Gasteiger partial charge on any atom is -0.364 e. The highest BCUT2D eigenvalue weighted by atomic mass is 79.9. The van der Waals surface area contributed by atoms with Crippen LogP contribution < -0.4 is 4.90 Å². The minimum absolute atomic E-state index is 0.388. The largest absolute Gasteiger partial charge is 0.364 e. The lowest BCUT2D eigenvalue weighted by Crippen LogP contribution is -2.36. The van der Waals surface area contributed by atoms with Gasteiger partial charge in [0.05, 0.1) is 6.04 Å². The SMILES string of the molecule is Brc1ccc(CC2c3ccccc3CCN2c2ccccc2)cc1. The Morgan fingerprint density at radius 3 is 2.33 bits per heavy atom. The lowest BCUT2D eigenvalue weighted by molar-refractivity contribution is 0.579. The van der Waals surface area contributed by atoms with Crippen molar-refractivity contribution in [3.05, 3.63) is 100 Å². The average Bonchev–Trinajstić information content (AvgIpc) is 2.64. The summed E-state index contributed by atoms with van der Waals surface area (Å²) in [7, 11) is 0. The van der Waals surface area contributed by atoms with E-state index in [2.05, 4.69) is 99.7 Å². The number of halogens is 1. The topological polar surface area (TPSA) is 3.24 Å². The summed E-state index contributed by atoms with van der Waals surface area (Å²) in [6.07, 6.45) is 2.14. The molecule has 24 heavy (non-hydrogen) atoms. The standard InChI is InChI=1S/C22H20BrN/c23-19-12-10-17(11-13-19)16-22-21-9-5-4-6-18(21)14-15-24(22)20-7-2-1-3-8-20/h1-13,22H,14-16H2. The van der Waals surface area contributed by atoms with Gasteiger partial charge in [-0.25, -0.2) is 0 Å². The Morgan fingerprint density at radius 2 is 1.54 bits per heavy atom. The van der Waals surface area contributed by atoms with Gasteiger partial charge in [0.1, 0.15) is 0 Å². The van der Waals surface area contributed by atoms with Crippen LogP contribution in [0.25, 0.3) is 0 Å². The smallest absolute Gasteiger partial charge is 0.0585 e. The number of fused-ring (bicyclic) bond motifs is 1. The van der Waals surface area contributed by atoms with E-state index in [-0.39, 0.29) is 0 Å². The highest BCUT2D eigenvalue weighted by Crippen LogP contribution is 2.36. The Hall–Kier alpha value is -2.06. The first-order chi connectivity index (χ1) is 11.8. The molecule has 0 radical (unpaired) electrons. The molecule has 0 spiro atoms. The highest BCUT2D eigenvalue weighted by molar-refractivity contribution is 9.10. The second-order valence-corrected chi connectivity index (χ2v) is 7.24. The number of hydrogen-bond donors (Lipinski definition) is 0. The second-order valence-electron chi connectivity index (χ2n) is 6.32. The van der Waals surface area contributed by atoms with Crippen LogP contribution in [-0.2, 0) is 12.8 Å². The minimum atomic E-state index is 0.388. The Morgan fingerprint density at radius 1 is 0.833 bits per heavy atom. The van der Waals surface area contributed by atoms with E-state index >= 15 is 0 Å². The molecule has 0 fully saturated rings. The number of hydrogen-bond acceptors (Lipinski definition) is 1. The van der Waals surface area contributed by atoms with Crippen molar-refractivity contribution < 1.29 is 0 Å². The molecule has 0 N–H and O–H groups in total. The van der Waals surface area contributed by atoms with Gasteiger partial charge < -0.3 is 4.90 Å². The van der Waals surface area contributed by atoms with Crippen molar-refractivity contribution in [1.82, 2.24) is 0 Å². The molecule has 3 aromatic rings. The molecular formula is C22H20BrN.